The molecule has 14 heavy (non-hydrogen) atoms. The first-order chi connectivity index (χ1) is 6.84. The molecule has 0 aromatic carbocycles. The van der Waals surface area contributed by atoms with Crippen molar-refractivity contribution >= 4 is 11.6 Å². The van der Waals surface area contributed by atoms with Crippen LogP contribution in [0.4, 0.5) is 11.6 Å². The van der Waals surface area contributed by atoms with Gasteiger partial charge in [0.25, 0.3) is 0 Å². The molecule has 0 saturated heterocycles. The second-order valence-corrected chi connectivity index (χ2v) is 3.47. The highest BCUT2D eigenvalue weighted by Gasteiger charge is 2.16. The molecule has 1 aliphatic rings. The summed E-state index contributed by atoms with van der Waals surface area (Å²) in [7, 11) is 0. The Balaban J connectivity index is 1.79. The predicted molar refractivity (Wildman–Crippen MR) is 56.8 cm³/mol. The molecule has 0 spiro atoms. The lowest BCUT2D eigenvalue weighted by atomic mass is 10.3. The van der Waals surface area contributed by atoms with Gasteiger partial charge in [-0.15, -0.1) is 0 Å². The van der Waals surface area contributed by atoms with Gasteiger partial charge in [-0.1, -0.05) is 12.2 Å². The molecule has 2 rings (SSSR count). The Morgan fingerprint density at radius 2 is 2.36 bits per heavy atom. The van der Waals surface area contributed by atoms with Crippen LogP contribution in [0.15, 0.2) is 24.5 Å². The van der Waals surface area contributed by atoms with E-state index in [0.29, 0.717) is 5.82 Å². The maximum absolute atomic E-state index is 5.51. The molecule has 0 unspecified atom stereocenters. The average Bonchev–Trinajstić information content (AvgIpc) is 2.96. The molecule has 3 N–H and O–H groups in total. The van der Waals surface area contributed by atoms with Crippen LogP contribution >= 0.6 is 0 Å². The summed E-state index contributed by atoms with van der Waals surface area (Å²) in [5, 5.41) is 3.15. The zero-order chi connectivity index (χ0) is 9.80. The number of nitrogens with zero attached hydrogens (tertiary/aromatic N) is 2. The van der Waals surface area contributed by atoms with Crippen LogP contribution < -0.4 is 11.1 Å². The molecule has 1 saturated carbocycles. The van der Waals surface area contributed by atoms with E-state index in [2.05, 4.69) is 27.4 Å². The van der Waals surface area contributed by atoms with E-state index in [1.165, 1.54) is 19.2 Å². The van der Waals surface area contributed by atoms with E-state index in [4.69, 9.17) is 5.73 Å². The van der Waals surface area contributed by atoms with E-state index in [9.17, 15) is 0 Å². The molecule has 1 fully saturated rings. The smallest absolute Gasteiger partial charge is 0.131 e. The maximum atomic E-state index is 5.51. The Labute approximate surface area is 83.3 Å². The van der Waals surface area contributed by atoms with Crippen molar-refractivity contribution in [3.05, 3.63) is 24.5 Å². The van der Waals surface area contributed by atoms with Crippen LogP contribution in [0.25, 0.3) is 0 Å². The van der Waals surface area contributed by atoms with Gasteiger partial charge in [0.15, 0.2) is 0 Å². The fourth-order valence-corrected chi connectivity index (χ4v) is 1.18. The lowest BCUT2D eigenvalue weighted by molar-refractivity contribution is 1.10. The highest BCUT2D eigenvalue weighted by atomic mass is 15.0. The predicted octanol–water partition coefficient (Wildman–Crippen LogP) is 1.44. The largest absolute Gasteiger partial charge is 0.384 e. The molecule has 0 amide bonds. The van der Waals surface area contributed by atoms with Gasteiger partial charge >= 0.3 is 0 Å². The number of nitrogen functional groups attached to an aromatic ring is 1. The van der Waals surface area contributed by atoms with Crippen molar-refractivity contribution in [2.24, 2.45) is 5.92 Å². The Bertz CT molecular complexity index is 331. The van der Waals surface area contributed by atoms with E-state index in [1.807, 2.05) is 0 Å². The second kappa shape index (κ2) is 4.09. The molecule has 0 aliphatic heterocycles. The summed E-state index contributed by atoms with van der Waals surface area (Å²) >= 11 is 0. The number of anilines is 2. The van der Waals surface area contributed by atoms with Gasteiger partial charge in [0.2, 0.25) is 0 Å². The van der Waals surface area contributed by atoms with Gasteiger partial charge in [0.05, 0.1) is 0 Å². The van der Waals surface area contributed by atoms with E-state index in [-0.39, 0.29) is 0 Å². The first-order valence-corrected chi connectivity index (χ1v) is 4.82. The number of hydrogen-bond donors (Lipinski definition) is 2. The molecule has 0 radical (unpaired) electrons. The molecular formula is C10H14N4. The quantitative estimate of drug-likeness (QED) is 0.705. The Kier molecular flexibility index (Phi) is 2.62. The van der Waals surface area contributed by atoms with E-state index in [0.717, 1.165) is 18.3 Å². The molecule has 4 heteroatoms. The third kappa shape index (κ3) is 2.73. The van der Waals surface area contributed by atoms with Crippen LogP contribution in [-0.2, 0) is 0 Å². The summed E-state index contributed by atoms with van der Waals surface area (Å²) in [6, 6.07) is 1.73. The lowest BCUT2D eigenvalue weighted by Crippen LogP contribution is -2.02. The summed E-state index contributed by atoms with van der Waals surface area (Å²) in [4.78, 5) is 7.85. The number of aromatic nitrogens is 2. The molecule has 74 valence electrons. The van der Waals surface area contributed by atoms with Gasteiger partial charge in [-0.25, -0.2) is 9.97 Å². The fourth-order valence-electron chi connectivity index (χ4n) is 1.18. The standard InChI is InChI=1S/C10H14N4/c11-9-6-10(14-7-13-9)12-5-1-2-8-3-4-8/h1-2,6-8H,3-5H2,(H3,11,12,13,14)/b2-1+. The van der Waals surface area contributed by atoms with Crippen LogP contribution in [0.3, 0.4) is 0 Å². The molecule has 0 atom stereocenters. The third-order valence-corrected chi connectivity index (χ3v) is 2.12. The van der Waals surface area contributed by atoms with Gasteiger partial charge < -0.3 is 11.1 Å². The summed E-state index contributed by atoms with van der Waals surface area (Å²) < 4.78 is 0. The van der Waals surface area contributed by atoms with Crippen LogP contribution in [0, 0.1) is 5.92 Å². The fraction of sp³-hybridized carbons (Fsp3) is 0.400. The summed E-state index contributed by atoms with van der Waals surface area (Å²) in [5.41, 5.74) is 5.51. The van der Waals surface area contributed by atoms with E-state index < -0.39 is 0 Å². The maximum Gasteiger partial charge on any atom is 0.131 e. The zero-order valence-corrected chi connectivity index (χ0v) is 7.98. The van der Waals surface area contributed by atoms with Gasteiger partial charge in [-0.3, -0.25) is 0 Å². The van der Waals surface area contributed by atoms with Gasteiger partial charge in [0, 0.05) is 12.6 Å². The van der Waals surface area contributed by atoms with Crippen molar-refractivity contribution < 1.29 is 0 Å². The van der Waals surface area contributed by atoms with Crippen molar-refractivity contribution in [3.63, 3.8) is 0 Å². The van der Waals surface area contributed by atoms with Crippen molar-refractivity contribution in [3.8, 4) is 0 Å². The Morgan fingerprint density at radius 3 is 3.07 bits per heavy atom. The van der Waals surface area contributed by atoms with Gasteiger partial charge in [-0.2, -0.15) is 0 Å². The van der Waals surface area contributed by atoms with Crippen LogP contribution in [-0.4, -0.2) is 16.5 Å². The summed E-state index contributed by atoms with van der Waals surface area (Å²) in [6.45, 7) is 0.799. The normalized spacial score (nSPS) is 16.0. The molecule has 1 aliphatic carbocycles. The number of nitrogens with one attached hydrogen (secondary N) is 1. The second-order valence-electron chi connectivity index (χ2n) is 3.47. The zero-order valence-electron chi connectivity index (χ0n) is 7.98. The van der Waals surface area contributed by atoms with Gasteiger partial charge in [-0.05, 0) is 18.8 Å². The van der Waals surface area contributed by atoms with Crippen molar-refractivity contribution in [1.82, 2.24) is 9.97 Å². The minimum absolute atomic E-state index is 0.494. The molecular weight excluding hydrogens is 176 g/mol. The first-order valence-electron chi connectivity index (χ1n) is 4.82. The summed E-state index contributed by atoms with van der Waals surface area (Å²) in [5.74, 6) is 2.10. The lowest BCUT2D eigenvalue weighted by Gasteiger charge is -2.01. The van der Waals surface area contributed by atoms with E-state index in [1.54, 1.807) is 6.07 Å². The number of rotatable bonds is 4. The Hall–Kier alpha value is -1.58. The number of allylic oxidation sites excluding steroid dienone is 1. The van der Waals surface area contributed by atoms with Crippen LogP contribution in [0.5, 0.6) is 0 Å². The topological polar surface area (TPSA) is 63.8 Å². The highest BCUT2D eigenvalue weighted by molar-refractivity contribution is 5.43. The van der Waals surface area contributed by atoms with Crippen molar-refractivity contribution in [2.45, 2.75) is 12.8 Å². The SMILES string of the molecule is Nc1cc(NC/C=C/C2CC2)ncn1. The molecule has 1 aromatic rings. The average molecular weight is 190 g/mol. The van der Waals surface area contributed by atoms with Crippen LogP contribution in [0.2, 0.25) is 0 Å². The van der Waals surface area contributed by atoms with Crippen molar-refractivity contribution in [2.75, 3.05) is 17.6 Å². The minimum atomic E-state index is 0.494. The first kappa shape index (κ1) is 8.99. The Morgan fingerprint density at radius 1 is 1.50 bits per heavy atom. The summed E-state index contributed by atoms with van der Waals surface area (Å²) in [6.07, 6.45) is 8.53. The highest BCUT2D eigenvalue weighted by Crippen LogP contribution is 2.29. The van der Waals surface area contributed by atoms with E-state index >= 15 is 0 Å². The third-order valence-electron chi connectivity index (χ3n) is 2.12. The molecule has 1 heterocycles. The van der Waals surface area contributed by atoms with Crippen molar-refractivity contribution in [1.29, 1.82) is 0 Å². The monoisotopic (exact) mass is 190 g/mol. The van der Waals surface area contributed by atoms with Crippen LogP contribution in [0.1, 0.15) is 12.8 Å². The molecule has 0 bridgehead atoms. The minimum Gasteiger partial charge on any atom is -0.384 e. The molecule has 1 aromatic heterocycles. The number of nitrogens with two attached hydrogens (primary N) is 1. The van der Waals surface area contributed by atoms with Gasteiger partial charge in [0.1, 0.15) is 18.0 Å². The molecule has 4 nitrogen and oxygen atoms in total. The number of hydrogen-bond acceptors (Lipinski definition) is 4.